The molecule has 0 N–H and O–H groups in total. The molecule has 4 heteroatoms. The first-order chi connectivity index (χ1) is 7.22. The third-order valence-corrected chi connectivity index (χ3v) is 2.48. The minimum absolute atomic E-state index is 0.311. The molecule has 1 aromatic rings. The van der Waals surface area contributed by atoms with E-state index in [0.717, 1.165) is 23.1 Å². The Morgan fingerprint density at radius 1 is 1.40 bits per heavy atom. The standard InChI is InChI=1S/C11H13BrO3/c1-14-9-3-4-10(11(13)15-2)8(7-9)5-6-12/h3-4,7H,5-6H2,1-2H3. The molecule has 0 atom stereocenters. The molecule has 15 heavy (non-hydrogen) atoms. The predicted molar refractivity (Wildman–Crippen MR) is 61.8 cm³/mol. The van der Waals surface area contributed by atoms with Gasteiger partial charge in [-0.05, 0) is 30.2 Å². The van der Waals surface area contributed by atoms with Crippen molar-refractivity contribution in [2.75, 3.05) is 19.5 Å². The highest BCUT2D eigenvalue weighted by Gasteiger charge is 2.11. The van der Waals surface area contributed by atoms with E-state index in [9.17, 15) is 4.79 Å². The number of ether oxygens (including phenoxy) is 2. The number of halogens is 1. The average molecular weight is 273 g/mol. The van der Waals surface area contributed by atoms with Crippen molar-refractivity contribution in [3.63, 3.8) is 0 Å². The molecule has 0 radical (unpaired) electrons. The van der Waals surface area contributed by atoms with E-state index in [4.69, 9.17) is 9.47 Å². The maximum Gasteiger partial charge on any atom is 0.338 e. The topological polar surface area (TPSA) is 35.5 Å². The number of esters is 1. The maximum atomic E-state index is 11.4. The van der Waals surface area contributed by atoms with Crippen molar-refractivity contribution in [3.05, 3.63) is 29.3 Å². The van der Waals surface area contributed by atoms with Gasteiger partial charge in [-0.3, -0.25) is 0 Å². The van der Waals surface area contributed by atoms with Crippen LogP contribution in [0.2, 0.25) is 0 Å². The molecular formula is C11H13BrO3. The number of rotatable bonds is 4. The first-order valence-electron chi connectivity index (χ1n) is 4.54. The van der Waals surface area contributed by atoms with Gasteiger partial charge in [0.05, 0.1) is 19.8 Å². The van der Waals surface area contributed by atoms with Crippen LogP contribution in [-0.4, -0.2) is 25.5 Å². The Morgan fingerprint density at radius 2 is 2.13 bits per heavy atom. The lowest BCUT2D eigenvalue weighted by Crippen LogP contribution is -2.06. The van der Waals surface area contributed by atoms with Crippen molar-refractivity contribution in [1.29, 1.82) is 0 Å². The fourth-order valence-electron chi connectivity index (χ4n) is 1.31. The smallest absolute Gasteiger partial charge is 0.338 e. The third kappa shape index (κ3) is 2.96. The third-order valence-electron chi connectivity index (χ3n) is 2.08. The quantitative estimate of drug-likeness (QED) is 0.624. The van der Waals surface area contributed by atoms with E-state index in [1.54, 1.807) is 19.2 Å². The lowest BCUT2D eigenvalue weighted by molar-refractivity contribution is 0.0599. The van der Waals surface area contributed by atoms with Crippen LogP contribution in [-0.2, 0) is 11.2 Å². The molecule has 0 saturated heterocycles. The van der Waals surface area contributed by atoms with Gasteiger partial charge in [-0.2, -0.15) is 0 Å². The van der Waals surface area contributed by atoms with Crippen LogP contribution in [0.5, 0.6) is 5.75 Å². The Balaban J connectivity index is 3.08. The van der Waals surface area contributed by atoms with Crippen LogP contribution in [0.3, 0.4) is 0 Å². The van der Waals surface area contributed by atoms with E-state index in [-0.39, 0.29) is 5.97 Å². The van der Waals surface area contributed by atoms with E-state index in [0.29, 0.717) is 5.56 Å². The minimum Gasteiger partial charge on any atom is -0.497 e. The maximum absolute atomic E-state index is 11.4. The van der Waals surface area contributed by atoms with E-state index in [1.807, 2.05) is 6.07 Å². The van der Waals surface area contributed by atoms with Crippen molar-refractivity contribution < 1.29 is 14.3 Å². The van der Waals surface area contributed by atoms with Crippen LogP contribution >= 0.6 is 15.9 Å². The molecule has 0 spiro atoms. The van der Waals surface area contributed by atoms with E-state index in [2.05, 4.69) is 15.9 Å². The van der Waals surface area contributed by atoms with Crippen LogP contribution in [0.15, 0.2) is 18.2 Å². The highest BCUT2D eigenvalue weighted by Crippen LogP contribution is 2.19. The monoisotopic (exact) mass is 272 g/mol. The van der Waals surface area contributed by atoms with Crippen LogP contribution < -0.4 is 4.74 Å². The summed E-state index contributed by atoms with van der Waals surface area (Å²) >= 11 is 3.34. The molecule has 0 aliphatic rings. The summed E-state index contributed by atoms with van der Waals surface area (Å²) in [5.41, 5.74) is 1.52. The van der Waals surface area contributed by atoms with E-state index >= 15 is 0 Å². The normalized spacial score (nSPS) is 9.80. The number of aryl methyl sites for hydroxylation is 1. The number of carbonyl (C=O) groups is 1. The largest absolute Gasteiger partial charge is 0.497 e. The van der Waals surface area contributed by atoms with Gasteiger partial charge in [0.2, 0.25) is 0 Å². The zero-order chi connectivity index (χ0) is 11.3. The molecule has 0 amide bonds. The summed E-state index contributed by atoms with van der Waals surface area (Å²) in [6, 6.07) is 5.33. The summed E-state index contributed by atoms with van der Waals surface area (Å²) < 4.78 is 9.80. The van der Waals surface area contributed by atoms with E-state index in [1.165, 1.54) is 7.11 Å². The van der Waals surface area contributed by atoms with Crippen LogP contribution in [0, 0.1) is 0 Å². The van der Waals surface area contributed by atoms with Gasteiger partial charge in [-0.25, -0.2) is 4.79 Å². The van der Waals surface area contributed by atoms with Gasteiger partial charge >= 0.3 is 5.97 Å². The molecule has 0 fully saturated rings. The molecule has 0 unspecified atom stereocenters. The van der Waals surface area contributed by atoms with Crippen LogP contribution in [0.25, 0.3) is 0 Å². The molecule has 0 bridgehead atoms. The molecular weight excluding hydrogens is 260 g/mol. The van der Waals surface area contributed by atoms with Crippen LogP contribution in [0.4, 0.5) is 0 Å². The molecule has 0 saturated carbocycles. The van der Waals surface area contributed by atoms with Crippen molar-refractivity contribution in [2.45, 2.75) is 6.42 Å². The fourth-order valence-corrected chi connectivity index (χ4v) is 1.74. The Morgan fingerprint density at radius 3 is 2.67 bits per heavy atom. The number of benzene rings is 1. The zero-order valence-corrected chi connectivity index (χ0v) is 10.3. The van der Waals surface area contributed by atoms with Gasteiger partial charge in [-0.15, -0.1) is 0 Å². The lowest BCUT2D eigenvalue weighted by Gasteiger charge is -2.08. The summed E-state index contributed by atoms with van der Waals surface area (Å²) in [6.07, 6.45) is 0.766. The van der Waals surface area contributed by atoms with Gasteiger partial charge in [0.25, 0.3) is 0 Å². The number of hydrogen-bond donors (Lipinski definition) is 0. The number of alkyl halides is 1. The van der Waals surface area contributed by atoms with E-state index < -0.39 is 0 Å². The Hall–Kier alpha value is -1.03. The molecule has 1 rings (SSSR count). The SMILES string of the molecule is COC(=O)c1ccc(OC)cc1CCBr. The lowest BCUT2D eigenvalue weighted by atomic mass is 10.1. The highest BCUT2D eigenvalue weighted by molar-refractivity contribution is 9.09. The molecule has 0 aromatic heterocycles. The number of carbonyl (C=O) groups excluding carboxylic acids is 1. The second kappa shape index (κ2) is 5.75. The van der Waals surface area contributed by atoms with Gasteiger partial charge < -0.3 is 9.47 Å². The first kappa shape index (κ1) is 12.0. The molecule has 82 valence electrons. The fraction of sp³-hybridized carbons (Fsp3) is 0.364. The summed E-state index contributed by atoms with van der Waals surface area (Å²) in [7, 11) is 2.98. The summed E-state index contributed by atoms with van der Waals surface area (Å²) in [5, 5.41) is 0.796. The van der Waals surface area contributed by atoms with Crippen LogP contribution in [0.1, 0.15) is 15.9 Å². The molecule has 3 nitrogen and oxygen atoms in total. The number of methoxy groups -OCH3 is 2. The van der Waals surface area contributed by atoms with Gasteiger partial charge in [0.15, 0.2) is 0 Å². The minimum atomic E-state index is -0.311. The van der Waals surface area contributed by atoms with Crippen molar-refractivity contribution in [1.82, 2.24) is 0 Å². The average Bonchev–Trinajstić information content (AvgIpc) is 2.28. The Labute approximate surface area is 97.5 Å². The van der Waals surface area contributed by atoms with Gasteiger partial charge in [0.1, 0.15) is 5.75 Å². The summed E-state index contributed by atoms with van der Waals surface area (Å²) in [5.74, 6) is 0.437. The van der Waals surface area contributed by atoms with Gasteiger partial charge in [-0.1, -0.05) is 15.9 Å². The zero-order valence-electron chi connectivity index (χ0n) is 8.75. The first-order valence-corrected chi connectivity index (χ1v) is 5.66. The second-order valence-electron chi connectivity index (χ2n) is 2.95. The summed E-state index contributed by atoms with van der Waals surface area (Å²) in [4.78, 5) is 11.4. The Kier molecular flexibility index (Phi) is 4.62. The number of hydrogen-bond acceptors (Lipinski definition) is 3. The molecule has 0 aliphatic heterocycles. The molecule has 1 aromatic carbocycles. The van der Waals surface area contributed by atoms with Crippen molar-refractivity contribution >= 4 is 21.9 Å². The van der Waals surface area contributed by atoms with Gasteiger partial charge in [0, 0.05) is 5.33 Å². The molecule has 0 aliphatic carbocycles. The van der Waals surface area contributed by atoms with Crippen molar-refractivity contribution in [2.24, 2.45) is 0 Å². The highest BCUT2D eigenvalue weighted by atomic mass is 79.9. The predicted octanol–water partition coefficient (Wildman–Crippen LogP) is 2.42. The van der Waals surface area contributed by atoms with Crippen molar-refractivity contribution in [3.8, 4) is 5.75 Å². The Bertz CT molecular complexity index is 350. The second-order valence-corrected chi connectivity index (χ2v) is 3.75. The molecule has 0 heterocycles. The summed E-state index contributed by atoms with van der Waals surface area (Å²) in [6.45, 7) is 0.